The van der Waals surface area contributed by atoms with Crippen molar-refractivity contribution in [1.82, 2.24) is 0 Å². The maximum Gasteiger partial charge on any atom is 0.325 e. The Morgan fingerprint density at radius 2 is 1.53 bits per heavy atom. The third-order valence-electron chi connectivity index (χ3n) is 2.09. The Labute approximate surface area is 88.1 Å². The average molecular weight is 216 g/mol. The fraction of sp³-hybridized carbons (Fsp3) is 0.700. The summed E-state index contributed by atoms with van der Waals surface area (Å²) in [4.78, 5) is 32.2. The molecule has 86 valence electrons. The molecule has 0 aliphatic carbocycles. The van der Waals surface area contributed by atoms with Crippen LogP contribution in [-0.2, 0) is 14.4 Å². The van der Waals surface area contributed by atoms with Gasteiger partial charge in [0.25, 0.3) is 0 Å². The van der Waals surface area contributed by atoms with Crippen molar-refractivity contribution >= 4 is 17.7 Å². The van der Waals surface area contributed by atoms with Crippen LogP contribution in [0.2, 0.25) is 0 Å². The topological polar surface area (TPSA) is 91.7 Å². The summed E-state index contributed by atoms with van der Waals surface area (Å²) >= 11 is 0. The Hall–Kier alpha value is -1.39. The van der Waals surface area contributed by atoms with Gasteiger partial charge in [-0.3, -0.25) is 14.4 Å². The van der Waals surface area contributed by atoms with Crippen LogP contribution >= 0.6 is 0 Å². The van der Waals surface area contributed by atoms with Crippen LogP contribution in [0.15, 0.2) is 0 Å². The van der Waals surface area contributed by atoms with E-state index in [-0.39, 0.29) is 6.42 Å². The van der Waals surface area contributed by atoms with Crippen LogP contribution in [0.25, 0.3) is 0 Å². The summed E-state index contributed by atoms with van der Waals surface area (Å²) in [6.07, 6.45) is 3.40. The Morgan fingerprint density at radius 3 is 1.93 bits per heavy atom. The van der Waals surface area contributed by atoms with E-state index >= 15 is 0 Å². The summed E-state index contributed by atoms with van der Waals surface area (Å²) in [5.41, 5.74) is 0. The van der Waals surface area contributed by atoms with Gasteiger partial charge < -0.3 is 10.2 Å². The fourth-order valence-corrected chi connectivity index (χ4v) is 1.25. The van der Waals surface area contributed by atoms with Crippen molar-refractivity contribution in [2.24, 2.45) is 5.92 Å². The van der Waals surface area contributed by atoms with Crippen molar-refractivity contribution in [2.75, 3.05) is 0 Å². The Bertz CT molecular complexity index is 232. The van der Waals surface area contributed by atoms with Gasteiger partial charge in [-0.15, -0.1) is 0 Å². The number of carbonyl (C=O) groups excluding carboxylic acids is 1. The van der Waals surface area contributed by atoms with Crippen LogP contribution in [0.5, 0.6) is 0 Å². The molecule has 0 radical (unpaired) electrons. The molecule has 5 heteroatoms. The standard InChI is InChI=1S/C10H16O5/c1-2-3-4-5-6-7(11)8(9(12)13)10(14)15/h8H,2-6H2,1H3,(H,12,13)(H,14,15). The SMILES string of the molecule is CCCCCCC(=O)C(C(=O)O)C(=O)O. The lowest BCUT2D eigenvalue weighted by Crippen LogP contribution is -2.31. The van der Waals surface area contributed by atoms with Gasteiger partial charge in [-0.1, -0.05) is 26.2 Å². The number of aliphatic carboxylic acids is 2. The lowest BCUT2D eigenvalue weighted by Gasteiger charge is -2.05. The van der Waals surface area contributed by atoms with Gasteiger partial charge in [0.2, 0.25) is 5.92 Å². The normalized spacial score (nSPS) is 10.3. The van der Waals surface area contributed by atoms with Crippen molar-refractivity contribution < 1.29 is 24.6 Å². The molecule has 0 aliphatic rings. The van der Waals surface area contributed by atoms with Crippen LogP contribution in [0, 0.1) is 5.92 Å². The highest BCUT2D eigenvalue weighted by Gasteiger charge is 2.32. The summed E-state index contributed by atoms with van der Waals surface area (Å²) < 4.78 is 0. The Morgan fingerprint density at radius 1 is 1.00 bits per heavy atom. The molecule has 0 aliphatic heterocycles. The predicted molar refractivity (Wildman–Crippen MR) is 52.5 cm³/mol. The quantitative estimate of drug-likeness (QED) is 0.471. The molecule has 2 N–H and O–H groups in total. The average Bonchev–Trinajstić information content (AvgIpc) is 2.11. The minimum atomic E-state index is -1.90. The van der Waals surface area contributed by atoms with Gasteiger partial charge in [0.1, 0.15) is 0 Å². The van der Waals surface area contributed by atoms with Gasteiger partial charge in [-0.2, -0.15) is 0 Å². The molecule has 0 bridgehead atoms. The molecule has 0 amide bonds. The van der Waals surface area contributed by atoms with Crippen LogP contribution in [0.1, 0.15) is 39.0 Å². The summed E-state index contributed by atoms with van der Waals surface area (Å²) in [6.45, 7) is 2.01. The number of Topliss-reactive ketones (excluding diaryl/α,β-unsaturated/α-hetero) is 1. The van der Waals surface area contributed by atoms with E-state index in [1.807, 2.05) is 6.92 Å². The highest BCUT2D eigenvalue weighted by Crippen LogP contribution is 2.09. The zero-order valence-corrected chi connectivity index (χ0v) is 8.73. The third kappa shape index (κ3) is 5.15. The molecule has 0 atom stereocenters. The van der Waals surface area contributed by atoms with Gasteiger partial charge in [-0.05, 0) is 6.42 Å². The molecule has 0 rings (SSSR count). The van der Waals surface area contributed by atoms with Gasteiger partial charge in [0.05, 0.1) is 0 Å². The lowest BCUT2D eigenvalue weighted by atomic mass is 9.99. The number of carboxylic acids is 2. The first-order valence-corrected chi connectivity index (χ1v) is 4.99. The number of ketones is 1. The van der Waals surface area contributed by atoms with Gasteiger partial charge in [0.15, 0.2) is 5.78 Å². The second-order valence-electron chi connectivity index (χ2n) is 3.39. The molecule has 15 heavy (non-hydrogen) atoms. The summed E-state index contributed by atoms with van der Waals surface area (Å²) in [7, 11) is 0. The first-order valence-electron chi connectivity index (χ1n) is 4.99. The number of rotatable bonds is 8. The zero-order chi connectivity index (χ0) is 11.8. The van der Waals surface area contributed by atoms with Crippen molar-refractivity contribution in [2.45, 2.75) is 39.0 Å². The minimum absolute atomic E-state index is 0.0310. The second-order valence-corrected chi connectivity index (χ2v) is 3.39. The molecule has 0 spiro atoms. The van der Waals surface area contributed by atoms with Crippen molar-refractivity contribution in [3.05, 3.63) is 0 Å². The number of carboxylic acid groups (broad SMARTS) is 2. The Kier molecular flexibility index (Phi) is 6.33. The minimum Gasteiger partial charge on any atom is -0.480 e. The molecule has 0 unspecified atom stereocenters. The maximum atomic E-state index is 11.2. The second kappa shape index (κ2) is 6.98. The van der Waals surface area contributed by atoms with E-state index in [9.17, 15) is 14.4 Å². The van der Waals surface area contributed by atoms with E-state index < -0.39 is 23.6 Å². The molecule has 0 saturated carbocycles. The molecular formula is C10H16O5. The molecule has 0 aromatic heterocycles. The van der Waals surface area contributed by atoms with E-state index in [1.54, 1.807) is 0 Å². The van der Waals surface area contributed by atoms with E-state index in [1.165, 1.54) is 0 Å². The molecule has 0 saturated heterocycles. The van der Waals surface area contributed by atoms with Crippen LogP contribution in [0.3, 0.4) is 0 Å². The first kappa shape index (κ1) is 13.6. The van der Waals surface area contributed by atoms with Crippen LogP contribution < -0.4 is 0 Å². The Balaban J connectivity index is 4.05. The smallest absolute Gasteiger partial charge is 0.325 e. The molecule has 0 fully saturated rings. The van der Waals surface area contributed by atoms with E-state index in [4.69, 9.17) is 10.2 Å². The van der Waals surface area contributed by atoms with E-state index in [0.29, 0.717) is 6.42 Å². The number of hydrogen-bond acceptors (Lipinski definition) is 3. The molecule has 0 heterocycles. The maximum absolute atomic E-state index is 11.2. The highest BCUT2D eigenvalue weighted by atomic mass is 16.4. The summed E-state index contributed by atoms with van der Waals surface area (Å²) in [5.74, 6) is -5.77. The molecule has 0 aromatic rings. The number of carbonyl (C=O) groups is 3. The lowest BCUT2D eigenvalue weighted by molar-refractivity contribution is -0.157. The zero-order valence-electron chi connectivity index (χ0n) is 8.73. The van der Waals surface area contributed by atoms with Crippen LogP contribution in [-0.4, -0.2) is 27.9 Å². The molecule has 0 aromatic carbocycles. The highest BCUT2D eigenvalue weighted by molar-refractivity contribution is 6.13. The fourth-order valence-electron chi connectivity index (χ4n) is 1.25. The molecular weight excluding hydrogens is 200 g/mol. The largest absolute Gasteiger partial charge is 0.480 e. The first-order chi connectivity index (χ1) is 7.00. The van der Waals surface area contributed by atoms with Crippen molar-refractivity contribution in [3.8, 4) is 0 Å². The number of unbranched alkanes of at least 4 members (excludes halogenated alkanes) is 3. The predicted octanol–water partition coefficient (Wildman–Crippen LogP) is 1.31. The van der Waals surface area contributed by atoms with Gasteiger partial charge >= 0.3 is 11.9 Å². The van der Waals surface area contributed by atoms with Gasteiger partial charge in [-0.25, -0.2) is 0 Å². The van der Waals surface area contributed by atoms with Crippen molar-refractivity contribution in [1.29, 1.82) is 0 Å². The monoisotopic (exact) mass is 216 g/mol. The van der Waals surface area contributed by atoms with Crippen LogP contribution in [0.4, 0.5) is 0 Å². The van der Waals surface area contributed by atoms with E-state index in [2.05, 4.69) is 0 Å². The van der Waals surface area contributed by atoms with E-state index in [0.717, 1.165) is 19.3 Å². The summed E-state index contributed by atoms with van der Waals surface area (Å²) in [5, 5.41) is 17.0. The van der Waals surface area contributed by atoms with Crippen molar-refractivity contribution in [3.63, 3.8) is 0 Å². The third-order valence-corrected chi connectivity index (χ3v) is 2.09. The number of hydrogen-bond donors (Lipinski definition) is 2. The molecule has 5 nitrogen and oxygen atoms in total. The van der Waals surface area contributed by atoms with Gasteiger partial charge in [0, 0.05) is 6.42 Å². The summed E-state index contributed by atoms with van der Waals surface area (Å²) in [6, 6.07) is 0.